The van der Waals surface area contributed by atoms with Gasteiger partial charge in [-0.25, -0.2) is 0 Å². The number of hydrogen-bond acceptors (Lipinski definition) is 3. The average molecular weight is 260 g/mol. The summed E-state index contributed by atoms with van der Waals surface area (Å²) in [7, 11) is 1.83. The van der Waals surface area contributed by atoms with Crippen LogP contribution in [0.5, 0.6) is 0 Å². The fourth-order valence-corrected chi connectivity index (χ4v) is 3.40. The minimum atomic E-state index is 0.413. The molecule has 1 aromatic carbocycles. The van der Waals surface area contributed by atoms with Gasteiger partial charge in [0.25, 0.3) is 0 Å². The summed E-state index contributed by atoms with van der Waals surface area (Å²) in [5.41, 5.74) is 2.96. The van der Waals surface area contributed by atoms with Crippen molar-refractivity contribution < 1.29 is 4.74 Å². The van der Waals surface area contributed by atoms with E-state index in [2.05, 4.69) is 34.9 Å². The minimum absolute atomic E-state index is 0.413. The summed E-state index contributed by atoms with van der Waals surface area (Å²) in [4.78, 5) is 0. The molecule has 0 amide bonds. The molecule has 1 aliphatic heterocycles. The number of hydrogen-bond donors (Lipinski definition) is 2. The van der Waals surface area contributed by atoms with Gasteiger partial charge in [-0.2, -0.15) is 0 Å². The third-order valence-electron chi connectivity index (χ3n) is 4.55. The van der Waals surface area contributed by atoms with Crippen LogP contribution in [0.25, 0.3) is 0 Å². The average Bonchev–Trinajstić information content (AvgIpc) is 2.92. The monoisotopic (exact) mass is 260 g/mol. The van der Waals surface area contributed by atoms with Crippen molar-refractivity contribution in [2.75, 3.05) is 13.7 Å². The first-order chi connectivity index (χ1) is 9.36. The molecule has 1 saturated carbocycles. The molecule has 3 rings (SSSR count). The maximum Gasteiger partial charge on any atom is 0.0724 e. The topological polar surface area (TPSA) is 33.3 Å². The molecule has 1 aliphatic carbocycles. The molecule has 2 N–H and O–H groups in total. The smallest absolute Gasteiger partial charge is 0.0724 e. The van der Waals surface area contributed by atoms with Gasteiger partial charge in [0.05, 0.1) is 6.10 Å². The predicted octanol–water partition coefficient (Wildman–Crippen LogP) is 1.86. The van der Waals surface area contributed by atoms with Gasteiger partial charge in [-0.15, -0.1) is 0 Å². The molecule has 1 heterocycles. The highest BCUT2D eigenvalue weighted by molar-refractivity contribution is 5.29. The molecule has 0 spiro atoms. The van der Waals surface area contributed by atoms with E-state index in [1.165, 1.54) is 30.4 Å². The zero-order chi connectivity index (χ0) is 13.1. The van der Waals surface area contributed by atoms with Crippen molar-refractivity contribution in [3.05, 3.63) is 35.4 Å². The molecule has 2 aliphatic rings. The van der Waals surface area contributed by atoms with E-state index in [1.54, 1.807) is 0 Å². The van der Waals surface area contributed by atoms with Crippen LogP contribution in [0.2, 0.25) is 0 Å². The van der Waals surface area contributed by atoms with E-state index in [0.717, 1.165) is 19.5 Å². The first-order valence-corrected chi connectivity index (χ1v) is 7.43. The SMILES string of the molecule is COC1CCCC1NCC1Cc2ccccc2CN1. The number of nitrogens with one attached hydrogen (secondary N) is 2. The summed E-state index contributed by atoms with van der Waals surface area (Å²) >= 11 is 0. The number of ether oxygens (including phenoxy) is 1. The highest BCUT2D eigenvalue weighted by Crippen LogP contribution is 2.22. The minimum Gasteiger partial charge on any atom is -0.380 e. The second-order valence-electron chi connectivity index (χ2n) is 5.77. The fraction of sp³-hybridized carbons (Fsp3) is 0.625. The summed E-state index contributed by atoms with van der Waals surface area (Å²) in [5.74, 6) is 0. The molecule has 0 bridgehead atoms. The van der Waals surface area contributed by atoms with Crippen LogP contribution in [0.1, 0.15) is 30.4 Å². The van der Waals surface area contributed by atoms with Gasteiger partial charge in [0.15, 0.2) is 0 Å². The van der Waals surface area contributed by atoms with Crippen molar-refractivity contribution in [2.24, 2.45) is 0 Å². The Bertz CT molecular complexity index is 421. The van der Waals surface area contributed by atoms with Crippen LogP contribution in [-0.4, -0.2) is 31.8 Å². The molecular formula is C16H24N2O. The fourth-order valence-electron chi connectivity index (χ4n) is 3.40. The van der Waals surface area contributed by atoms with E-state index in [0.29, 0.717) is 18.2 Å². The molecule has 3 nitrogen and oxygen atoms in total. The van der Waals surface area contributed by atoms with Gasteiger partial charge in [0.1, 0.15) is 0 Å². The van der Waals surface area contributed by atoms with E-state index >= 15 is 0 Å². The van der Waals surface area contributed by atoms with E-state index in [-0.39, 0.29) is 0 Å². The molecule has 0 saturated heterocycles. The van der Waals surface area contributed by atoms with Crippen molar-refractivity contribution >= 4 is 0 Å². The van der Waals surface area contributed by atoms with Gasteiger partial charge in [0.2, 0.25) is 0 Å². The van der Waals surface area contributed by atoms with Crippen molar-refractivity contribution in [3.63, 3.8) is 0 Å². The highest BCUT2D eigenvalue weighted by atomic mass is 16.5. The van der Waals surface area contributed by atoms with Crippen molar-refractivity contribution in [3.8, 4) is 0 Å². The predicted molar refractivity (Wildman–Crippen MR) is 77.2 cm³/mol. The van der Waals surface area contributed by atoms with E-state index in [9.17, 15) is 0 Å². The lowest BCUT2D eigenvalue weighted by molar-refractivity contribution is 0.0843. The number of methoxy groups -OCH3 is 1. The summed E-state index contributed by atoms with van der Waals surface area (Å²) in [6.45, 7) is 2.04. The lowest BCUT2D eigenvalue weighted by atomic mass is 9.96. The van der Waals surface area contributed by atoms with Gasteiger partial charge in [-0.3, -0.25) is 0 Å². The van der Waals surface area contributed by atoms with Crippen LogP contribution in [0.3, 0.4) is 0 Å². The van der Waals surface area contributed by atoms with Crippen LogP contribution < -0.4 is 10.6 Å². The first kappa shape index (κ1) is 13.1. The van der Waals surface area contributed by atoms with Gasteiger partial charge < -0.3 is 15.4 Å². The van der Waals surface area contributed by atoms with Gasteiger partial charge in [0, 0.05) is 32.3 Å². The molecular weight excluding hydrogens is 236 g/mol. The molecule has 0 aromatic heterocycles. The lowest BCUT2D eigenvalue weighted by Crippen LogP contribution is -2.47. The molecule has 1 aromatic rings. The molecule has 19 heavy (non-hydrogen) atoms. The van der Waals surface area contributed by atoms with Gasteiger partial charge in [-0.05, 0) is 36.8 Å². The van der Waals surface area contributed by atoms with Crippen LogP contribution in [0.15, 0.2) is 24.3 Å². The molecule has 0 radical (unpaired) electrons. The largest absolute Gasteiger partial charge is 0.380 e. The third kappa shape index (κ3) is 2.99. The molecule has 3 unspecified atom stereocenters. The maximum atomic E-state index is 5.54. The second kappa shape index (κ2) is 6.04. The Morgan fingerprint density at radius 2 is 2.11 bits per heavy atom. The zero-order valence-corrected chi connectivity index (χ0v) is 11.7. The standard InChI is InChI=1S/C16H24N2O/c1-19-16-8-4-7-15(16)18-11-14-9-12-5-2-3-6-13(12)10-17-14/h2-3,5-6,14-18H,4,7-11H2,1H3. The lowest BCUT2D eigenvalue weighted by Gasteiger charge is -2.28. The Kier molecular flexibility index (Phi) is 4.16. The quantitative estimate of drug-likeness (QED) is 0.867. The maximum absolute atomic E-state index is 5.54. The normalized spacial score (nSPS) is 30.3. The van der Waals surface area contributed by atoms with Crippen LogP contribution in [-0.2, 0) is 17.7 Å². The second-order valence-corrected chi connectivity index (χ2v) is 5.77. The summed E-state index contributed by atoms with van der Waals surface area (Å²) in [6.07, 6.45) is 5.29. The molecule has 1 fully saturated rings. The molecule has 3 heteroatoms. The van der Waals surface area contributed by atoms with E-state index in [1.807, 2.05) is 7.11 Å². The molecule has 104 valence electrons. The number of rotatable bonds is 4. The Labute approximate surface area is 115 Å². The highest BCUT2D eigenvalue weighted by Gasteiger charge is 2.27. The first-order valence-electron chi connectivity index (χ1n) is 7.43. The summed E-state index contributed by atoms with van der Waals surface area (Å²) in [5, 5.41) is 7.32. The summed E-state index contributed by atoms with van der Waals surface area (Å²) in [6, 6.07) is 9.85. The van der Waals surface area contributed by atoms with Crippen LogP contribution in [0, 0.1) is 0 Å². The Morgan fingerprint density at radius 1 is 1.26 bits per heavy atom. The van der Waals surface area contributed by atoms with Gasteiger partial charge >= 0.3 is 0 Å². The van der Waals surface area contributed by atoms with E-state index in [4.69, 9.17) is 4.74 Å². The Balaban J connectivity index is 1.52. The van der Waals surface area contributed by atoms with Crippen molar-refractivity contribution in [1.29, 1.82) is 0 Å². The van der Waals surface area contributed by atoms with E-state index < -0.39 is 0 Å². The third-order valence-corrected chi connectivity index (χ3v) is 4.55. The number of benzene rings is 1. The van der Waals surface area contributed by atoms with Crippen LogP contribution >= 0.6 is 0 Å². The Morgan fingerprint density at radius 3 is 2.95 bits per heavy atom. The number of fused-ring (bicyclic) bond motifs is 1. The van der Waals surface area contributed by atoms with Crippen molar-refractivity contribution in [1.82, 2.24) is 10.6 Å². The zero-order valence-electron chi connectivity index (χ0n) is 11.7. The summed E-state index contributed by atoms with van der Waals surface area (Å²) < 4.78 is 5.54. The Hall–Kier alpha value is -0.900. The molecule has 3 atom stereocenters. The van der Waals surface area contributed by atoms with Gasteiger partial charge in [-0.1, -0.05) is 24.3 Å². The van der Waals surface area contributed by atoms with Crippen LogP contribution in [0.4, 0.5) is 0 Å². The van der Waals surface area contributed by atoms with Crippen molar-refractivity contribution in [2.45, 2.75) is 50.4 Å².